The molecule has 0 spiro atoms. The Morgan fingerprint density at radius 3 is 3.00 bits per heavy atom. The number of amides is 1. The van der Waals surface area contributed by atoms with Crippen molar-refractivity contribution in [3.8, 4) is 0 Å². The topological polar surface area (TPSA) is 80.9 Å². The second-order valence-corrected chi connectivity index (χ2v) is 5.86. The maximum atomic E-state index is 11.6. The van der Waals surface area contributed by atoms with Gasteiger partial charge in [-0.2, -0.15) is 0 Å². The molecule has 0 aliphatic rings. The van der Waals surface area contributed by atoms with Gasteiger partial charge in [-0.25, -0.2) is 0 Å². The van der Waals surface area contributed by atoms with Crippen LogP contribution in [-0.2, 0) is 4.79 Å². The number of anilines is 1. The highest BCUT2D eigenvalue weighted by atomic mass is 32.2. The van der Waals surface area contributed by atoms with Gasteiger partial charge >= 0.3 is 0 Å². The summed E-state index contributed by atoms with van der Waals surface area (Å²) in [6, 6.07) is 0. The second-order valence-electron chi connectivity index (χ2n) is 3.62. The Balaban J connectivity index is 2.26. The molecule has 0 radical (unpaired) electrons. The highest BCUT2D eigenvalue weighted by Crippen LogP contribution is 2.25. The van der Waals surface area contributed by atoms with Crippen LogP contribution in [0, 0.1) is 0 Å². The van der Waals surface area contributed by atoms with Gasteiger partial charge in [0.2, 0.25) is 11.0 Å². The van der Waals surface area contributed by atoms with E-state index >= 15 is 0 Å². The zero-order valence-corrected chi connectivity index (χ0v) is 11.9. The van der Waals surface area contributed by atoms with Crippen LogP contribution in [0.3, 0.4) is 0 Å². The van der Waals surface area contributed by atoms with Gasteiger partial charge in [0.25, 0.3) is 0 Å². The third-order valence-electron chi connectivity index (χ3n) is 2.09. The van der Waals surface area contributed by atoms with E-state index in [1.807, 2.05) is 6.08 Å². The predicted octanol–water partition coefficient (Wildman–Crippen LogP) is 2.27. The molecule has 0 unspecified atom stereocenters. The average molecular weight is 286 g/mol. The van der Waals surface area contributed by atoms with Crippen LogP contribution in [0.15, 0.2) is 17.0 Å². The number of rotatable bonds is 9. The van der Waals surface area contributed by atoms with Gasteiger partial charge in [0.1, 0.15) is 0 Å². The van der Waals surface area contributed by atoms with E-state index in [9.17, 15) is 4.79 Å². The molecule has 0 aliphatic heterocycles. The first-order chi connectivity index (χ1) is 8.76. The van der Waals surface area contributed by atoms with Gasteiger partial charge in [-0.05, 0) is 19.4 Å². The Hall–Kier alpha value is -0.920. The smallest absolute Gasteiger partial charge is 0.226 e. The SMILES string of the molecule is C=CCSc1nnc(NC(=O)CCCCCN)s1. The van der Waals surface area contributed by atoms with Crippen molar-refractivity contribution in [3.63, 3.8) is 0 Å². The Bertz CT molecular complexity index is 381. The Morgan fingerprint density at radius 1 is 1.44 bits per heavy atom. The maximum Gasteiger partial charge on any atom is 0.226 e. The van der Waals surface area contributed by atoms with E-state index in [1.54, 1.807) is 11.8 Å². The molecule has 18 heavy (non-hydrogen) atoms. The van der Waals surface area contributed by atoms with Crippen LogP contribution in [0.5, 0.6) is 0 Å². The van der Waals surface area contributed by atoms with Gasteiger partial charge < -0.3 is 11.1 Å². The average Bonchev–Trinajstić information content (AvgIpc) is 2.80. The predicted molar refractivity (Wildman–Crippen MR) is 77.0 cm³/mol. The molecule has 0 saturated carbocycles. The van der Waals surface area contributed by atoms with Crippen LogP contribution >= 0.6 is 23.1 Å². The van der Waals surface area contributed by atoms with E-state index in [0.29, 0.717) is 18.1 Å². The molecule has 0 saturated heterocycles. The number of nitrogens with two attached hydrogens (primary N) is 1. The first kappa shape index (κ1) is 15.1. The van der Waals surface area contributed by atoms with Crippen molar-refractivity contribution in [3.05, 3.63) is 12.7 Å². The first-order valence-corrected chi connectivity index (χ1v) is 7.63. The third-order valence-corrected chi connectivity index (χ3v) is 4.05. The van der Waals surface area contributed by atoms with Gasteiger partial charge in [-0.15, -0.1) is 16.8 Å². The molecule has 0 fully saturated rings. The monoisotopic (exact) mass is 286 g/mol. The molecule has 1 rings (SSSR count). The van der Waals surface area contributed by atoms with E-state index in [2.05, 4.69) is 22.1 Å². The number of aromatic nitrogens is 2. The van der Waals surface area contributed by atoms with Crippen molar-refractivity contribution >= 4 is 34.1 Å². The van der Waals surface area contributed by atoms with Crippen LogP contribution in [-0.4, -0.2) is 28.4 Å². The van der Waals surface area contributed by atoms with E-state index in [0.717, 1.165) is 29.4 Å². The lowest BCUT2D eigenvalue weighted by Crippen LogP contribution is -2.11. The molecular formula is C11H18N4OS2. The molecule has 3 N–H and O–H groups in total. The van der Waals surface area contributed by atoms with Gasteiger partial charge in [0.15, 0.2) is 4.34 Å². The lowest BCUT2D eigenvalue weighted by molar-refractivity contribution is -0.116. The Morgan fingerprint density at radius 2 is 2.28 bits per heavy atom. The van der Waals surface area contributed by atoms with Crippen LogP contribution < -0.4 is 11.1 Å². The molecule has 1 aromatic rings. The van der Waals surface area contributed by atoms with Crippen LogP contribution in [0.1, 0.15) is 25.7 Å². The summed E-state index contributed by atoms with van der Waals surface area (Å²) in [7, 11) is 0. The Kier molecular flexibility index (Phi) is 7.63. The molecule has 5 nitrogen and oxygen atoms in total. The molecule has 0 bridgehead atoms. The number of nitrogens with zero attached hydrogens (tertiary/aromatic N) is 2. The maximum absolute atomic E-state index is 11.6. The summed E-state index contributed by atoms with van der Waals surface area (Å²) in [5.41, 5.74) is 5.39. The standard InChI is InChI=1S/C11H18N4OS2/c1-2-8-17-11-15-14-10(18-11)13-9(16)6-4-3-5-7-12/h2H,1,3-8,12H2,(H,13,14,16). The van der Waals surface area contributed by atoms with Crippen molar-refractivity contribution in [2.45, 2.75) is 30.0 Å². The lowest BCUT2D eigenvalue weighted by atomic mass is 10.2. The van der Waals surface area contributed by atoms with Gasteiger partial charge in [0, 0.05) is 12.2 Å². The lowest BCUT2D eigenvalue weighted by Gasteiger charge is -2.00. The Labute approximate surface area is 115 Å². The number of thioether (sulfide) groups is 1. The molecule has 1 heterocycles. The molecular weight excluding hydrogens is 268 g/mol. The van der Waals surface area contributed by atoms with Crippen molar-refractivity contribution in [2.75, 3.05) is 17.6 Å². The zero-order valence-electron chi connectivity index (χ0n) is 10.2. The fraction of sp³-hybridized carbons (Fsp3) is 0.545. The first-order valence-electron chi connectivity index (χ1n) is 5.83. The summed E-state index contributed by atoms with van der Waals surface area (Å²) < 4.78 is 0.841. The number of hydrogen-bond acceptors (Lipinski definition) is 6. The summed E-state index contributed by atoms with van der Waals surface area (Å²) in [5.74, 6) is 0.783. The molecule has 1 aromatic heterocycles. The highest BCUT2D eigenvalue weighted by molar-refractivity contribution is 8.01. The summed E-state index contributed by atoms with van der Waals surface area (Å²) in [6.45, 7) is 4.32. The van der Waals surface area contributed by atoms with Crippen LogP contribution in [0.25, 0.3) is 0 Å². The van der Waals surface area contributed by atoms with Crippen LogP contribution in [0.4, 0.5) is 5.13 Å². The summed E-state index contributed by atoms with van der Waals surface area (Å²) in [6.07, 6.45) is 5.13. The third kappa shape index (κ3) is 6.13. The molecule has 7 heteroatoms. The quantitative estimate of drug-likeness (QED) is 0.315. The minimum absolute atomic E-state index is 0.0107. The summed E-state index contributed by atoms with van der Waals surface area (Å²) in [4.78, 5) is 11.6. The molecule has 0 aliphatic carbocycles. The second kappa shape index (κ2) is 9.07. The van der Waals surface area contributed by atoms with Gasteiger partial charge in [-0.3, -0.25) is 4.79 Å². The fourth-order valence-corrected chi connectivity index (χ4v) is 2.77. The fourth-order valence-electron chi connectivity index (χ4n) is 1.24. The number of nitrogens with one attached hydrogen (secondary N) is 1. The van der Waals surface area contributed by atoms with E-state index < -0.39 is 0 Å². The molecule has 100 valence electrons. The van der Waals surface area contributed by atoms with Crippen molar-refractivity contribution < 1.29 is 4.79 Å². The van der Waals surface area contributed by atoms with E-state index in [1.165, 1.54) is 11.3 Å². The minimum atomic E-state index is -0.0107. The molecule has 0 atom stereocenters. The number of unbranched alkanes of at least 4 members (excludes halogenated alkanes) is 2. The number of carbonyl (C=O) groups is 1. The van der Waals surface area contributed by atoms with E-state index in [4.69, 9.17) is 5.73 Å². The van der Waals surface area contributed by atoms with Gasteiger partial charge in [-0.1, -0.05) is 35.6 Å². The summed E-state index contributed by atoms with van der Waals surface area (Å²) >= 11 is 2.94. The van der Waals surface area contributed by atoms with Crippen molar-refractivity contribution in [1.29, 1.82) is 0 Å². The summed E-state index contributed by atoms with van der Waals surface area (Å²) in [5, 5.41) is 11.2. The molecule has 0 aromatic carbocycles. The number of carbonyl (C=O) groups excluding carboxylic acids is 1. The van der Waals surface area contributed by atoms with E-state index in [-0.39, 0.29) is 5.91 Å². The normalized spacial score (nSPS) is 10.3. The van der Waals surface area contributed by atoms with Crippen molar-refractivity contribution in [1.82, 2.24) is 10.2 Å². The van der Waals surface area contributed by atoms with Crippen molar-refractivity contribution in [2.24, 2.45) is 5.73 Å². The highest BCUT2D eigenvalue weighted by Gasteiger charge is 2.07. The minimum Gasteiger partial charge on any atom is -0.330 e. The van der Waals surface area contributed by atoms with Gasteiger partial charge in [0.05, 0.1) is 0 Å². The molecule has 1 amide bonds. The largest absolute Gasteiger partial charge is 0.330 e. The van der Waals surface area contributed by atoms with Crippen LogP contribution in [0.2, 0.25) is 0 Å². The zero-order chi connectivity index (χ0) is 13.2. The number of hydrogen-bond donors (Lipinski definition) is 2.